The quantitative estimate of drug-likeness (QED) is 0.773. The molecule has 4 nitrogen and oxygen atoms in total. The molecule has 1 aliphatic carbocycles. The molecule has 0 radical (unpaired) electrons. The molecule has 2 fully saturated rings. The molecule has 1 heterocycles. The monoisotopic (exact) mass is 215 g/mol. The Labute approximate surface area is 86.6 Å². The van der Waals surface area contributed by atoms with Crippen molar-refractivity contribution in [2.45, 2.75) is 25.3 Å². The van der Waals surface area contributed by atoms with E-state index in [4.69, 9.17) is 0 Å². The first kappa shape index (κ1) is 9.83. The van der Waals surface area contributed by atoms with Crippen LogP contribution < -0.4 is 0 Å². The molecule has 1 saturated carbocycles. The normalized spacial score (nSPS) is 26.4. The summed E-state index contributed by atoms with van der Waals surface area (Å²) < 4.78 is 0. The maximum atomic E-state index is 11.5. The van der Waals surface area contributed by atoms with E-state index in [0.29, 0.717) is 12.3 Å². The standard InChI is InChI=1S/C9H13NO3S/c1-9(7(11)12,6-2-3-6)10-4-5-14-8(10)13/h6H,2-5H2,1H3,(H,11,12). The van der Waals surface area contributed by atoms with E-state index < -0.39 is 11.5 Å². The Morgan fingerprint density at radius 3 is 2.64 bits per heavy atom. The third-order valence-electron chi connectivity index (χ3n) is 3.13. The Hall–Kier alpha value is -0.710. The molecule has 2 aliphatic rings. The van der Waals surface area contributed by atoms with E-state index in [0.717, 1.165) is 12.8 Å². The van der Waals surface area contributed by atoms with Crippen molar-refractivity contribution in [3.05, 3.63) is 0 Å². The Balaban J connectivity index is 2.25. The minimum absolute atomic E-state index is 0.0817. The second kappa shape index (κ2) is 3.15. The van der Waals surface area contributed by atoms with E-state index in [1.54, 1.807) is 6.92 Å². The van der Waals surface area contributed by atoms with Gasteiger partial charge in [-0.1, -0.05) is 11.8 Å². The molecular weight excluding hydrogens is 202 g/mol. The molecule has 78 valence electrons. The third kappa shape index (κ3) is 1.30. The summed E-state index contributed by atoms with van der Waals surface area (Å²) in [5, 5.41) is 9.14. The van der Waals surface area contributed by atoms with Crippen LogP contribution in [0.25, 0.3) is 0 Å². The van der Waals surface area contributed by atoms with Crippen LogP contribution in [0, 0.1) is 5.92 Å². The van der Waals surface area contributed by atoms with Crippen LogP contribution in [0.4, 0.5) is 4.79 Å². The van der Waals surface area contributed by atoms with E-state index in [9.17, 15) is 14.7 Å². The van der Waals surface area contributed by atoms with Crippen LogP contribution in [0.1, 0.15) is 19.8 Å². The van der Waals surface area contributed by atoms with E-state index in [1.807, 2.05) is 0 Å². The number of aliphatic carboxylic acids is 1. The van der Waals surface area contributed by atoms with Crippen LogP contribution in [-0.2, 0) is 4.79 Å². The topological polar surface area (TPSA) is 57.6 Å². The van der Waals surface area contributed by atoms with Gasteiger partial charge >= 0.3 is 5.97 Å². The van der Waals surface area contributed by atoms with E-state index in [-0.39, 0.29) is 11.2 Å². The van der Waals surface area contributed by atoms with Gasteiger partial charge in [-0.2, -0.15) is 0 Å². The molecule has 0 spiro atoms. The van der Waals surface area contributed by atoms with Crippen LogP contribution in [0.15, 0.2) is 0 Å². The number of rotatable bonds is 3. The fraction of sp³-hybridized carbons (Fsp3) is 0.778. The summed E-state index contributed by atoms with van der Waals surface area (Å²) in [7, 11) is 0. The lowest BCUT2D eigenvalue weighted by Gasteiger charge is -2.34. The second-order valence-electron chi connectivity index (χ2n) is 3.99. The zero-order valence-electron chi connectivity index (χ0n) is 8.02. The smallest absolute Gasteiger partial charge is 0.329 e. The van der Waals surface area contributed by atoms with Gasteiger partial charge in [0.2, 0.25) is 0 Å². The molecule has 1 aliphatic heterocycles. The van der Waals surface area contributed by atoms with Crippen LogP contribution in [0.2, 0.25) is 0 Å². The SMILES string of the molecule is CC(C(=O)O)(C1CC1)N1CCSC1=O. The summed E-state index contributed by atoms with van der Waals surface area (Å²) in [5.74, 6) is 0.00697. The molecule has 1 N–H and O–H groups in total. The van der Waals surface area contributed by atoms with Gasteiger partial charge in [-0.3, -0.25) is 4.79 Å². The summed E-state index contributed by atoms with van der Waals surface area (Å²) in [6.07, 6.45) is 1.86. The number of carbonyl (C=O) groups excluding carboxylic acids is 1. The molecule has 1 unspecified atom stereocenters. The summed E-state index contributed by atoms with van der Waals surface area (Å²) >= 11 is 1.22. The molecule has 0 aromatic heterocycles. The minimum Gasteiger partial charge on any atom is -0.479 e. The van der Waals surface area contributed by atoms with Gasteiger partial charge in [-0.25, -0.2) is 4.79 Å². The van der Waals surface area contributed by atoms with Crippen LogP contribution in [0.5, 0.6) is 0 Å². The number of amides is 1. The first-order chi connectivity index (χ1) is 6.56. The summed E-state index contributed by atoms with van der Waals surface area (Å²) in [6, 6.07) is 0. The first-order valence-electron chi connectivity index (χ1n) is 4.74. The molecule has 0 aromatic rings. The van der Waals surface area contributed by atoms with Gasteiger partial charge in [0, 0.05) is 12.3 Å². The molecular formula is C9H13NO3S. The van der Waals surface area contributed by atoms with Gasteiger partial charge in [-0.05, 0) is 25.7 Å². The van der Waals surface area contributed by atoms with Crippen molar-refractivity contribution in [1.29, 1.82) is 0 Å². The van der Waals surface area contributed by atoms with Crippen molar-refractivity contribution >= 4 is 23.0 Å². The van der Waals surface area contributed by atoms with Crippen molar-refractivity contribution in [2.24, 2.45) is 5.92 Å². The lowest BCUT2D eigenvalue weighted by Crippen LogP contribution is -2.54. The van der Waals surface area contributed by atoms with Gasteiger partial charge < -0.3 is 10.0 Å². The van der Waals surface area contributed by atoms with Gasteiger partial charge in [0.15, 0.2) is 0 Å². The predicted octanol–water partition coefficient (Wildman–Crippen LogP) is 1.41. The Kier molecular flexibility index (Phi) is 2.21. The number of carboxylic acid groups (broad SMARTS) is 1. The predicted molar refractivity (Wildman–Crippen MR) is 53.3 cm³/mol. The molecule has 1 saturated heterocycles. The lowest BCUT2D eigenvalue weighted by molar-refractivity contribution is -0.149. The Bertz CT molecular complexity index is 290. The highest BCUT2D eigenvalue weighted by Gasteiger charge is 2.54. The van der Waals surface area contributed by atoms with E-state index in [2.05, 4.69) is 0 Å². The largest absolute Gasteiger partial charge is 0.479 e. The van der Waals surface area contributed by atoms with Crippen molar-refractivity contribution < 1.29 is 14.7 Å². The lowest BCUT2D eigenvalue weighted by atomic mass is 9.94. The first-order valence-corrected chi connectivity index (χ1v) is 5.73. The van der Waals surface area contributed by atoms with Gasteiger partial charge in [-0.15, -0.1) is 0 Å². The average Bonchev–Trinajstić information content (AvgIpc) is 2.88. The molecule has 0 bridgehead atoms. The molecule has 1 amide bonds. The number of hydrogen-bond donors (Lipinski definition) is 1. The molecule has 2 rings (SSSR count). The zero-order valence-corrected chi connectivity index (χ0v) is 8.84. The summed E-state index contributed by atoms with van der Waals surface area (Å²) in [5.41, 5.74) is -0.958. The highest BCUT2D eigenvalue weighted by molar-refractivity contribution is 8.13. The number of thioether (sulfide) groups is 1. The van der Waals surface area contributed by atoms with Gasteiger partial charge in [0.05, 0.1) is 0 Å². The van der Waals surface area contributed by atoms with Crippen LogP contribution >= 0.6 is 11.8 Å². The highest BCUT2D eigenvalue weighted by atomic mass is 32.2. The second-order valence-corrected chi connectivity index (χ2v) is 5.04. The van der Waals surface area contributed by atoms with Crippen molar-refractivity contribution in [1.82, 2.24) is 4.90 Å². The maximum Gasteiger partial charge on any atom is 0.329 e. The van der Waals surface area contributed by atoms with Crippen molar-refractivity contribution in [3.63, 3.8) is 0 Å². The number of hydrogen-bond acceptors (Lipinski definition) is 3. The molecule has 5 heteroatoms. The number of carbonyl (C=O) groups is 2. The maximum absolute atomic E-state index is 11.5. The fourth-order valence-corrected chi connectivity index (χ4v) is 2.86. The molecule has 1 atom stereocenters. The minimum atomic E-state index is -0.958. The number of nitrogens with zero attached hydrogens (tertiary/aromatic N) is 1. The Morgan fingerprint density at radius 2 is 2.29 bits per heavy atom. The van der Waals surface area contributed by atoms with Crippen LogP contribution in [0.3, 0.4) is 0 Å². The summed E-state index contributed by atoms with van der Waals surface area (Å²) in [4.78, 5) is 24.2. The highest BCUT2D eigenvalue weighted by Crippen LogP contribution is 2.45. The van der Waals surface area contributed by atoms with Crippen molar-refractivity contribution in [3.8, 4) is 0 Å². The summed E-state index contributed by atoms with van der Waals surface area (Å²) in [6.45, 7) is 2.25. The number of carboxylic acids is 1. The fourth-order valence-electron chi connectivity index (χ4n) is 1.97. The van der Waals surface area contributed by atoms with E-state index >= 15 is 0 Å². The van der Waals surface area contributed by atoms with Crippen molar-refractivity contribution in [2.75, 3.05) is 12.3 Å². The van der Waals surface area contributed by atoms with Gasteiger partial charge in [0.25, 0.3) is 5.24 Å². The molecule has 0 aromatic carbocycles. The van der Waals surface area contributed by atoms with E-state index in [1.165, 1.54) is 16.7 Å². The van der Waals surface area contributed by atoms with Gasteiger partial charge in [0.1, 0.15) is 5.54 Å². The zero-order chi connectivity index (χ0) is 10.3. The molecule has 14 heavy (non-hydrogen) atoms. The Morgan fingerprint density at radius 1 is 1.64 bits per heavy atom. The van der Waals surface area contributed by atoms with Crippen LogP contribution in [-0.4, -0.2) is 39.1 Å². The average molecular weight is 215 g/mol. The third-order valence-corrected chi connectivity index (χ3v) is 3.98.